The fraction of sp³-hybridized carbons (Fsp3) is 0.351. The zero-order chi connectivity index (χ0) is 59.2. The number of H-pyrrole nitrogens is 1. The molecule has 3 saturated heterocycles. The van der Waals surface area contributed by atoms with E-state index in [0.29, 0.717) is 47.1 Å². The van der Waals surface area contributed by atoms with Crippen molar-refractivity contribution in [3.05, 3.63) is 142 Å². The van der Waals surface area contributed by atoms with Gasteiger partial charge in [0, 0.05) is 66.1 Å². The van der Waals surface area contributed by atoms with Gasteiger partial charge in [-0.1, -0.05) is 84.6 Å². The molecule has 0 radical (unpaired) electrons. The number of ether oxygens (including phenoxy) is 1. The highest BCUT2D eigenvalue weighted by molar-refractivity contribution is 7.52. The first-order valence-electron chi connectivity index (χ1n) is 26.8. The van der Waals surface area contributed by atoms with Gasteiger partial charge in [-0.2, -0.15) is 8.78 Å². The van der Waals surface area contributed by atoms with Crippen LogP contribution in [-0.2, 0) is 45.5 Å². The van der Waals surface area contributed by atoms with Crippen LogP contribution in [0.15, 0.2) is 103 Å². The number of primary amides is 1. The minimum atomic E-state index is -5.95. The fourth-order valence-electron chi connectivity index (χ4n) is 10.8. The molecule has 5 atom stereocenters. The zero-order valence-electron chi connectivity index (χ0n) is 44.5. The number of nitrogens with two attached hydrogens (primary N) is 1. The number of nitrogens with one attached hydrogen (secondary N) is 6. The Labute approximate surface area is 473 Å². The maximum Gasteiger partial charge on any atom is 0.404 e. The number of halogens is 2. The first kappa shape index (κ1) is 58.7. The summed E-state index contributed by atoms with van der Waals surface area (Å²) in [5.41, 5.74) is 2.76. The van der Waals surface area contributed by atoms with Gasteiger partial charge in [-0.05, 0) is 85.5 Å². The summed E-state index contributed by atoms with van der Waals surface area (Å²) in [5, 5.41) is 13.3. The van der Waals surface area contributed by atoms with Gasteiger partial charge in [-0.25, -0.2) is 9.59 Å². The molecule has 3 fully saturated rings. The molecule has 434 valence electrons. The maximum absolute atomic E-state index is 15.0. The van der Waals surface area contributed by atoms with Gasteiger partial charge < -0.3 is 61.2 Å². The van der Waals surface area contributed by atoms with Crippen molar-refractivity contribution in [3.8, 4) is 11.8 Å². The third-order valence-electron chi connectivity index (χ3n) is 15.1. The molecule has 23 nitrogen and oxygen atoms in total. The number of urea groups is 1. The fourth-order valence-corrected chi connectivity index (χ4v) is 11.3. The lowest BCUT2D eigenvalue weighted by molar-refractivity contribution is -0.144. The quantitative estimate of drug-likeness (QED) is 0.0278. The largest absolute Gasteiger partial charge is 0.447 e. The molecule has 26 heteroatoms. The highest BCUT2D eigenvalue weighted by Crippen LogP contribution is 2.59. The van der Waals surface area contributed by atoms with Crippen LogP contribution < -0.4 is 32.3 Å². The van der Waals surface area contributed by atoms with Gasteiger partial charge in [0.15, 0.2) is 0 Å². The standard InChI is InChI=1S/C57H59F2N10O13P/c58-57(59,83(79,80)81)37-19-21-41-36(28-37)29-42(62-41)49(71)63-43-31-67(56(78)61-26-10-2-1-5-12-33-17-11-18-39-40(33)30-68(53(39)75)45-23-24-47(70)65-51(45)73)27-25-38-20-22-46(69(38)54(43)76)52(74)64-44(32-82-55(60)77)50(72)66-48(34-13-6-3-7-14-34)35-15-8-4-9-16-35/h3-4,6-9,11,13-19,21,28-29,38,43-46,48,62H,1-2,10,20,22-27,30-32H2,(H2,60,77)(H,61,78)(H,63,71)(H,64,74)(H,66,72)(H,65,70,73)(H2,79,80,81)/t38-,43+,44+,45?,46+/m1/s1. The van der Waals surface area contributed by atoms with Crippen molar-refractivity contribution in [3.63, 3.8) is 0 Å². The molecule has 1 unspecified atom stereocenters. The van der Waals surface area contributed by atoms with Crippen molar-refractivity contribution in [2.45, 2.75) is 99.8 Å². The monoisotopic (exact) mass is 1160 g/mol. The Kier molecular flexibility index (Phi) is 17.7. The van der Waals surface area contributed by atoms with E-state index >= 15 is 0 Å². The third-order valence-corrected chi connectivity index (χ3v) is 16.0. The predicted octanol–water partition coefficient (Wildman–Crippen LogP) is 3.74. The van der Waals surface area contributed by atoms with Crippen LogP contribution in [0.5, 0.6) is 0 Å². The number of alkyl halides is 2. The molecule has 0 spiro atoms. The topological polar surface area (TPSA) is 332 Å². The van der Waals surface area contributed by atoms with Crippen molar-refractivity contribution in [1.29, 1.82) is 0 Å². The van der Waals surface area contributed by atoms with E-state index in [1.807, 2.05) is 0 Å². The number of aromatic nitrogens is 1. The minimum absolute atomic E-state index is 0.0238. The summed E-state index contributed by atoms with van der Waals surface area (Å²) in [4.78, 5) is 147. The Morgan fingerprint density at radius 3 is 2.28 bits per heavy atom. The molecule has 0 bridgehead atoms. The number of imide groups is 1. The summed E-state index contributed by atoms with van der Waals surface area (Å²) in [5.74, 6) is 1.75. The van der Waals surface area contributed by atoms with E-state index < -0.39 is 110 Å². The van der Waals surface area contributed by atoms with Crippen LogP contribution in [-0.4, -0.2) is 139 Å². The maximum atomic E-state index is 15.0. The molecule has 10 N–H and O–H groups in total. The average Bonchev–Trinajstić information content (AvgIpc) is 4.43. The highest BCUT2D eigenvalue weighted by atomic mass is 31.2. The van der Waals surface area contributed by atoms with E-state index in [2.05, 4.69) is 43.4 Å². The molecule has 1 aromatic heterocycles. The summed E-state index contributed by atoms with van der Waals surface area (Å²) >= 11 is 0. The van der Waals surface area contributed by atoms with Crippen LogP contribution in [0.25, 0.3) is 10.9 Å². The minimum Gasteiger partial charge on any atom is -0.447 e. The summed E-state index contributed by atoms with van der Waals surface area (Å²) < 4.78 is 46.1. The van der Waals surface area contributed by atoms with E-state index in [-0.39, 0.29) is 80.1 Å². The summed E-state index contributed by atoms with van der Waals surface area (Å²) in [6, 6.07) is 19.9. The number of carbonyl (C=O) groups excluding carboxylic acids is 9. The summed E-state index contributed by atoms with van der Waals surface area (Å²) in [6.07, 6.45) is 1.08. The molecular weight excluding hydrogens is 1100 g/mol. The Hall–Kier alpha value is -8.98. The third kappa shape index (κ3) is 13.2. The van der Waals surface area contributed by atoms with Crippen LogP contribution in [0.3, 0.4) is 0 Å². The number of rotatable bonds is 17. The summed E-state index contributed by atoms with van der Waals surface area (Å²) in [7, 11) is -5.95. The Morgan fingerprint density at radius 2 is 1.59 bits per heavy atom. The molecule has 5 heterocycles. The van der Waals surface area contributed by atoms with E-state index in [9.17, 15) is 66.3 Å². The number of piperidine rings is 1. The van der Waals surface area contributed by atoms with E-state index in [1.165, 1.54) is 14.7 Å². The van der Waals surface area contributed by atoms with E-state index in [1.54, 1.807) is 78.9 Å². The van der Waals surface area contributed by atoms with Crippen LogP contribution in [0, 0.1) is 11.8 Å². The number of fused-ring (bicyclic) bond motifs is 3. The molecule has 0 aliphatic carbocycles. The Morgan fingerprint density at radius 1 is 0.867 bits per heavy atom. The van der Waals surface area contributed by atoms with E-state index in [0.717, 1.165) is 24.3 Å². The van der Waals surface area contributed by atoms with Crippen molar-refractivity contribution in [2.75, 3.05) is 26.2 Å². The van der Waals surface area contributed by atoms with Crippen LogP contribution >= 0.6 is 7.60 Å². The number of hydrogen-bond acceptors (Lipinski definition) is 11. The van der Waals surface area contributed by atoms with Gasteiger partial charge in [-0.3, -0.25) is 43.4 Å². The number of aromatic amines is 1. The lowest BCUT2D eigenvalue weighted by Crippen LogP contribution is -2.62. The van der Waals surface area contributed by atoms with Crippen molar-refractivity contribution in [1.82, 2.24) is 46.3 Å². The molecule has 83 heavy (non-hydrogen) atoms. The molecular formula is C57H59F2N10O13P. The predicted molar refractivity (Wildman–Crippen MR) is 292 cm³/mol. The van der Waals surface area contributed by atoms with Crippen LogP contribution in [0.1, 0.15) is 106 Å². The Bertz CT molecular complexity index is 3440. The lowest BCUT2D eigenvalue weighted by atomic mass is 9.98. The Balaban J connectivity index is 0.888. The molecule has 9 rings (SSSR count). The molecule has 4 aromatic carbocycles. The molecule has 4 aliphatic rings. The van der Waals surface area contributed by atoms with Gasteiger partial charge >= 0.3 is 25.4 Å². The SMILES string of the molecule is NC(=O)OC[C@H](NC(=O)[C@@H]1CC[C@@H]2CCN(C(=O)NCCCCC#Cc3cccc4c3CN(C3CCC(=O)NC3=O)C4=O)C[C@H](NC(=O)c3cc4cc(C(F)(F)P(=O)(O)O)ccc4[nH]3)C(=O)N21)C(=O)NC(c1ccccc1)c1ccccc1. The number of carbonyl (C=O) groups is 9. The highest BCUT2D eigenvalue weighted by Gasteiger charge is 2.51. The van der Waals surface area contributed by atoms with Gasteiger partial charge in [0.2, 0.25) is 29.5 Å². The van der Waals surface area contributed by atoms with Crippen molar-refractivity contribution in [2.24, 2.45) is 5.73 Å². The first-order valence-corrected chi connectivity index (χ1v) is 28.4. The van der Waals surface area contributed by atoms with Gasteiger partial charge in [-0.15, -0.1) is 0 Å². The van der Waals surface area contributed by atoms with Crippen LogP contribution in [0.2, 0.25) is 0 Å². The number of nitrogens with zero attached hydrogens (tertiary/aromatic N) is 3. The second kappa shape index (κ2) is 25.0. The van der Waals surface area contributed by atoms with Gasteiger partial charge in [0.05, 0.1) is 12.6 Å². The summed E-state index contributed by atoms with van der Waals surface area (Å²) in [6.45, 7) is -0.712. The smallest absolute Gasteiger partial charge is 0.404 e. The first-order chi connectivity index (χ1) is 39.7. The van der Waals surface area contributed by atoms with Gasteiger partial charge in [0.25, 0.3) is 11.8 Å². The van der Waals surface area contributed by atoms with Crippen LogP contribution in [0.4, 0.5) is 18.4 Å². The molecule has 5 aromatic rings. The van der Waals surface area contributed by atoms with Crippen molar-refractivity contribution >= 4 is 72.0 Å². The number of unbranched alkanes of at least 4 members (excludes halogenated alkanes) is 2. The van der Waals surface area contributed by atoms with E-state index in [4.69, 9.17) is 10.5 Å². The molecule has 0 saturated carbocycles. The lowest BCUT2D eigenvalue weighted by Gasteiger charge is -2.38. The number of hydrogen-bond donors (Lipinski definition) is 9. The average molecular weight is 1160 g/mol. The van der Waals surface area contributed by atoms with Crippen molar-refractivity contribution < 1.29 is 71.0 Å². The van der Waals surface area contributed by atoms with Gasteiger partial charge in [0.1, 0.15) is 36.5 Å². The molecule has 10 amide bonds. The normalized spacial score (nSPS) is 19.4. The second-order valence-electron chi connectivity index (χ2n) is 20.5. The zero-order valence-corrected chi connectivity index (χ0v) is 45.4. The second-order valence-corrected chi connectivity index (χ2v) is 22.1. The number of benzene rings is 4. The number of amides is 10. The molecule has 4 aliphatic heterocycles.